The summed E-state index contributed by atoms with van der Waals surface area (Å²) in [5.74, 6) is -1.44. The van der Waals surface area contributed by atoms with E-state index in [0.717, 1.165) is 11.1 Å². The molecule has 0 aromatic heterocycles. The highest BCUT2D eigenvalue weighted by atomic mass is 16.5. The number of aliphatic hydroxyl groups is 1. The van der Waals surface area contributed by atoms with E-state index in [-0.39, 0.29) is 24.0 Å². The number of carbonyl (C=O) groups excluding carboxylic acids is 2. The molecule has 1 aliphatic heterocycles. The van der Waals surface area contributed by atoms with Crippen LogP contribution in [0.25, 0.3) is 5.76 Å². The summed E-state index contributed by atoms with van der Waals surface area (Å²) in [6.07, 6.45) is 0.0274. The van der Waals surface area contributed by atoms with E-state index in [1.807, 2.05) is 63.2 Å². The van der Waals surface area contributed by atoms with Gasteiger partial charge in [0.1, 0.15) is 5.76 Å². The molecule has 1 fully saturated rings. The zero-order valence-corrected chi connectivity index (χ0v) is 16.4. The predicted octanol–water partition coefficient (Wildman–Crippen LogP) is 3.84. The molecule has 1 unspecified atom stereocenters. The van der Waals surface area contributed by atoms with E-state index in [9.17, 15) is 14.7 Å². The van der Waals surface area contributed by atoms with Crippen molar-refractivity contribution in [3.05, 3.63) is 76.9 Å². The van der Waals surface area contributed by atoms with Gasteiger partial charge in [0.25, 0.3) is 11.7 Å². The lowest BCUT2D eigenvalue weighted by molar-refractivity contribution is -0.140. The number of rotatable bonds is 6. The number of Topliss-reactive ketones (excluding diaryl/α,β-unsaturated/α-hetero) is 1. The second-order valence-corrected chi connectivity index (χ2v) is 7.19. The fourth-order valence-corrected chi connectivity index (χ4v) is 3.35. The largest absolute Gasteiger partial charge is 0.507 e. The number of aliphatic hydroxyl groups excluding tert-OH is 1. The van der Waals surface area contributed by atoms with Gasteiger partial charge in [-0.25, -0.2) is 0 Å². The zero-order chi connectivity index (χ0) is 20.3. The number of amides is 1. The average molecular weight is 379 g/mol. The first-order chi connectivity index (χ1) is 13.4. The quantitative estimate of drug-likeness (QED) is 0.470. The summed E-state index contributed by atoms with van der Waals surface area (Å²) in [5, 5.41) is 10.9. The minimum atomic E-state index is -0.670. The number of carbonyl (C=O) groups is 2. The van der Waals surface area contributed by atoms with Crippen LogP contribution in [0.3, 0.4) is 0 Å². The highest BCUT2D eigenvalue weighted by Gasteiger charge is 2.45. The van der Waals surface area contributed by atoms with Gasteiger partial charge in [-0.1, -0.05) is 60.2 Å². The van der Waals surface area contributed by atoms with Crippen LogP contribution in [0, 0.1) is 6.92 Å². The third-order valence-corrected chi connectivity index (χ3v) is 4.76. The van der Waals surface area contributed by atoms with Crippen LogP contribution in [0.2, 0.25) is 0 Å². The Kier molecular flexibility index (Phi) is 5.95. The summed E-state index contributed by atoms with van der Waals surface area (Å²) in [4.78, 5) is 27.1. The number of ether oxygens (including phenoxy) is 1. The third kappa shape index (κ3) is 3.99. The molecule has 5 nitrogen and oxygen atoms in total. The number of ketones is 1. The van der Waals surface area contributed by atoms with Crippen molar-refractivity contribution in [3.8, 4) is 0 Å². The summed E-state index contributed by atoms with van der Waals surface area (Å²) >= 11 is 0. The van der Waals surface area contributed by atoms with Gasteiger partial charge < -0.3 is 14.7 Å². The van der Waals surface area contributed by atoms with Gasteiger partial charge >= 0.3 is 0 Å². The predicted molar refractivity (Wildman–Crippen MR) is 108 cm³/mol. The molecule has 1 atom stereocenters. The molecule has 0 saturated carbocycles. The molecular weight excluding hydrogens is 354 g/mol. The Morgan fingerprint density at radius 2 is 1.71 bits per heavy atom. The molecule has 28 heavy (non-hydrogen) atoms. The molecule has 0 spiro atoms. The smallest absolute Gasteiger partial charge is 0.295 e. The molecule has 1 heterocycles. The normalized spacial score (nSPS) is 18.9. The molecule has 1 aliphatic rings. The van der Waals surface area contributed by atoms with Crippen molar-refractivity contribution >= 4 is 17.4 Å². The van der Waals surface area contributed by atoms with Gasteiger partial charge in [-0.05, 0) is 26.3 Å². The Bertz CT molecular complexity index is 885. The average Bonchev–Trinajstić information content (AvgIpc) is 2.93. The summed E-state index contributed by atoms with van der Waals surface area (Å²) < 4.78 is 5.58. The van der Waals surface area contributed by atoms with Crippen LogP contribution in [0.4, 0.5) is 0 Å². The van der Waals surface area contributed by atoms with Gasteiger partial charge in [0.05, 0.1) is 24.3 Å². The minimum Gasteiger partial charge on any atom is -0.507 e. The molecule has 0 radical (unpaired) electrons. The molecule has 1 N–H and O–H groups in total. The lowest BCUT2D eigenvalue weighted by Crippen LogP contribution is -2.33. The lowest BCUT2D eigenvalue weighted by Gasteiger charge is -2.25. The van der Waals surface area contributed by atoms with Crippen LogP contribution < -0.4 is 0 Å². The number of hydrogen-bond donors (Lipinski definition) is 1. The number of hydrogen-bond acceptors (Lipinski definition) is 4. The minimum absolute atomic E-state index is 0.0274. The highest BCUT2D eigenvalue weighted by Crippen LogP contribution is 2.39. The molecule has 1 amide bonds. The van der Waals surface area contributed by atoms with Gasteiger partial charge in [-0.15, -0.1) is 0 Å². The van der Waals surface area contributed by atoms with Gasteiger partial charge in [0.15, 0.2) is 0 Å². The Balaban J connectivity index is 2.06. The van der Waals surface area contributed by atoms with Crippen LogP contribution in [0.5, 0.6) is 0 Å². The van der Waals surface area contributed by atoms with Crippen molar-refractivity contribution in [2.75, 3.05) is 13.2 Å². The first-order valence-corrected chi connectivity index (χ1v) is 9.42. The first kappa shape index (κ1) is 19.8. The van der Waals surface area contributed by atoms with Gasteiger partial charge in [-0.3, -0.25) is 9.59 Å². The maximum absolute atomic E-state index is 12.8. The van der Waals surface area contributed by atoms with E-state index in [4.69, 9.17) is 4.74 Å². The van der Waals surface area contributed by atoms with Crippen molar-refractivity contribution in [2.24, 2.45) is 0 Å². The van der Waals surface area contributed by atoms with Crippen LogP contribution in [-0.4, -0.2) is 41.0 Å². The summed E-state index contributed by atoms with van der Waals surface area (Å²) in [5.41, 5.74) is 2.45. The topological polar surface area (TPSA) is 66.8 Å². The van der Waals surface area contributed by atoms with E-state index in [0.29, 0.717) is 12.2 Å². The monoisotopic (exact) mass is 379 g/mol. The Morgan fingerprint density at radius 3 is 2.32 bits per heavy atom. The molecule has 2 aromatic carbocycles. The number of benzene rings is 2. The molecule has 1 saturated heterocycles. The maximum atomic E-state index is 12.8. The Morgan fingerprint density at radius 1 is 1.07 bits per heavy atom. The van der Waals surface area contributed by atoms with Crippen LogP contribution in [-0.2, 0) is 14.3 Å². The molecular formula is C23H25NO4. The summed E-state index contributed by atoms with van der Waals surface area (Å²) in [6.45, 7) is 6.37. The fourth-order valence-electron chi connectivity index (χ4n) is 3.35. The number of likely N-dealkylation sites (tertiary alicyclic amines) is 1. The molecule has 0 bridgehead atoms. The van der Waals surface area contributed by atoms with Crippen molar-refractivity contribution in [2.45, 2.75) is 32.9 Å². The van der Waals surface area contributed by atoms with Crippen molar-refractivity contribution in [1.29, 1.82) is 0 Å². The molecule has 3 rings (SSSR count). The molecule has 0 aliphatic carbocycles. The van der Waals surface area contributed by atoms with Gasteiger partial charge in [0.2, 0.25) is 0 Å². The van der Waals surface area contributed by atoms with Crippen LogP contribution >= 0.6 is 0 Å². The summed E-state index contributed by atoms with van der Waals surface area (Å²) in [7, 11) is 0. The molecule has 2 aromatic rings. The van der Waals surface area contributed by atoms with E-state index in [1.165, 1.54) is 4.90 Å². The number of aryl methyl sites for hydroxylation is 1. The van der Waals surface area contributed by atoms with Crippen molar-refractivity contribution in [3.63, 3.8) is 0 Å². The highest BCUT2D eigenvalue weighted by molar-refractivity contribution is 6.46. The SMILES string of the molecule is Cc1ccc(/C(O)=C2/C(=O)C(=O)N(CCOC(C)C)C2c2ccccc2)cc1. The van der Waals surface area contributed by atoms with Gasteiger partial charge in [0, 0.05) is 12.1 Å². The van der Waals surface area contributed by atoms with E-state index in [2.05, 4.69) is 0 Å². The first-order valence-electron chi connectivity index (χ1n) is 9.42. The van der Waals surface area contributed by atoms with E-state index >= 15 is 0 Å². The maximum Gasteiger partial charge on any atom is 0.295 e. The van der Waals surface area contributed by atoms with Crippen molar-refractivity contribution < 1.29 is 19.4 Å². The standard InChI is InChI=1S/C23H25NO4/c1-15(2)28-14-13-24-20(17-7-5-4-6-8-17)19(22(26)23(24)27)21(25)18-11-9-16(3)10-12-18/h4-12,15,20,25H,13-14H2,1-3H3/b21-19-. The van der Waals surface area contributed by atoms with E-state index < -0.39 is 17.7 Å². The molecule has 5 heteroatoms. The van der Waals surface area contributed by atoms with Crippen LogP contribution in [0.1, 0.15) is 36.6 Å². The van der Waals surface area contributed by atoms with Gasteiger partial charge in [-0.2, -0.15) is 0 Å². The second-order valence-electron chi connectivity index (χ2n) is 7.19. The Labute approximate surface area is 165 Å². The number of nitrogens with zero attached hydrogens (tertiary/aromatic N) is 1. The fraction of sp³-hybridized carbons (Fsp3) is 0.304. The second kappa shape index (κ2) is 8.40. The van der Waals surface area contributed by atoms with Crippen molar-refractivity contribution in [1.82, 2.24) is 4.90 Å². The third-order valence-electron chi connectivity index (χ3n) is 4.76. The molecule has 146 valence electrons. The lowest BCUT2D eigenvalue weighted by atomic mass is 9.95. The zero-order valence-electron chi connectivity index (χ0n) is 16.4. The van der Waals surface area contributed by atoms with E-state index in [1.54, 1.807) is 12.1 Å². The summed E-state index contributed by atoms with van der Waals surface area (Å²) in [6, 6.07) is 15.9. The Hall–Kier alpha value is -2.92. The van der Waals surface area contributed by atoms with Crippen LogP contribution in [0.15, 0.2) is 60.2 Å².